The Morgan fingerprint density at radius 1 is 1.15 bits per heavy atom. The zero-order chi connectivity index (χ0) is 23.7. The predicted molar refractivity (Wildman–Crippen MR) is 134 cm³/mol. The van der Waals surface area contributed by atoms with Crippen molar-refractivity contribution in [3.63, 3.8) is 0 Å². The van der Waals surface area contributed by atoms with Crippen LogP contribution in [0.3, 0.4) is 0 Å². The Morgan fingerprint density at radius 3 is 2.68 bits per heavy atom. The van der Waals surface area contributed by atoms with Gasteiger partial charge >= 0.3 is 0 Å². The molecule has 3 heterocycles. The van der Waals surface area contributed by atoms with Crippen LogP contribution in [-0.2, 0) is 6.54 Å². The summed E-state index contributed by atoms with van der Waals surface area (Å²) in [6.07, 6.45) is 2.47. The summed E-state index contributed by atoms with van der Waals surface area (Å²) < 4.78 is 6.98. The Balaban J connectivity index is 1.55. The SMILES string of the molecule is COc1ccc(-c2nc3cnc(NCc4ccc(Cl)c(Cl)c4)nc3n([C@@H]3CCNC3)c2=O)cc1. The highest BCUT2D eigenvalue weighted by Gasteiger charge is 2.24. The molecule has 1 fully saturated rings. The zero-order valence-electron chi connectivity index (χ0n) is 18.4. The Labute approximate surface area is 205 Å². The highest BCUT2D eigenvalue weighted by molar-refractivity contribution is 6.42. The Bertz CT molecular complexity index is 1400. The molecule has 0 saturated carbocycles. The topological polar surface area (TPSA) is 94.0 Å². The molecule has 174 valence electrons. The van der Waals surface area contributed by atoms with Gasteiger partial charge in [0.15, 0.2) is 5.65 Å². The summed E-state index contributed by atoms with van der Waals surface area (Å²) in [7, 11) is 1.61. The van der Waals surface area contributed by atoms with Gasteiger partial charge in [-0.1, -0.05) is 29.3 Å². The number of rotatable bonds is 6. The van der Waals surface area contributed by atoms with Gasteiger partial charge in [-0.3, -0.25) is 9.36 Å². The molecule has 5 rings (SSSR count). The largest absolute Gasteiger partial charge is 0.497 e. The van der Waals surface area contributed by atoms with Crippen LogP contribution in [0.2, 0.25) is 10.0 Å². The first-order valence-corrected chi connectivity index (χ1v) is 11.6. The third kappa shape index (κ3) is 4.44. The lowest BCUT2D eigenvalue weighted by Crippen LogP contribution is -2.29. The van der Waals surface area contributed by atoms with Gasteiger partial charge in [-0.15, -0.1) is 0 Å². The Hall–Kier alpha value is -3.20. The van der Waals surface area contributed by atoms with Crippen molar-refractivity contribution in [3.8, 4) is 17.0 Å². The lowest BCUT2D eigenvalue weighted by molar-refractivity contribution is 0.415. The molecule has 2 aromatic carbocycles. The molecule has 2 N–H and O–H groups in total. The number of nitrogens with one attached hydrogen (secondary N) is 2. The summed E-state index contributed by atoms with van der Waals surface area (Å²) in [5.41, 5.74) is 2.89. The van der Waals surface area contributed by atoms with E-state index in [4.69, 9.17) is 27.9 Å². The maximum atomic E-state index is 13.6. The van der Waals surface area contributed by atoms with E-state index in [2.05, 4.69) is 25.6 Å². The summed E-state index contributed by atoms with van der Waals surface area (Å²) in [5, 5.41) is 7.51. The van der Waals surface area contributed by atoms with E-state index >= 15 is 0 Å². The molecule has 0 radical (unpaired) electrons. The van der Waals surface area contributed by atoms with Crippen LogP contribution in [0.4, 0.5) is 5.95 Å². The number of hydrogen-bond acceptors (Lipinski definition) is 7. The molecule has 8 nitrogen and oxygen atoms in total. The number of ether oxygens (including phenoxy) is 1. The maximum absolute atomic E-state index is 13.6. The Morgan fingerprint density at radius 2 is 1.97 bits per heavy atom. The molecule has 10 heteroatoms. The highest BCUT2D eigenvalue weighted by Crippen LogP contribution is 2.25. The first-order chi connectivity index (χ1) is 16.5. The van der Waals surface area contributed by atoms with Crippen LogP contribution in [0.15, 0.2) is 53.5 Å². The number of aromatic nitrogens is 4. The van der Waals surface area contributed by atoms with Crippen LogP contribution in [0.1, 0.15) is 18.0 Å². The molecule has 1 aliphatic rings. The van der Waals surface area contributed by atoms with Crippen LogP contribution < -0.4 is 20.9 Å². The van der Waals surface area contributed by atoms with Gasteiger partial charge in [0.2, 0.25) is 5.95 Å². The maximum Gasteiger partial charge on any atom is 0.279 e. The monoisotopic (exact) mass is 496 g/mol. The molecule has 4 aromatic rings. The average molecular weight is 497 g/mol. The molecule has 34 heavy (non-hydrogen) atoms. The molecule has 0 spiro atoms. The molecular weight excluding hydrogens is 475 g/mol. The van der Waals surface area contributed by atoms with Crippen molar-refractivity contribution in [2.24, 2.45) is 0 Å². The molecule has 0 aliphatic carbocycles. The number of halogens is 2. The third-order valence-electron chi connectivity index (χ3n) is 5.83. The minimum Gasteiger partial charge on any atom is -0.497 e. The van der Waals surface area contributed by atoms with E-state index in [1.165, 1.54) is 0 Å². The van der Waals surface area contributed by atoms with Crippen LogP contribution in [0, 0.1) is 0 Å². The molecule has 1 atom stereocenters. The van der Waals surface area contributed by atoms with Crippen molar-refractivity contribution >= 4 is 40.3 Å². The molecular formula is C24H22Cl2N6O2. The smallest absolute Gasteiger partial charge is 0.279 e. The summed E-state index contributed by atoms with van der Waals surface area (Å²) in [6, 6.07) is 12.7. The molecule has 1 aliphatic heterocycles. The van der Waals surface area contributed by atoms with Crippen LogP contribution in [0.5, 0.6) is 5.75 Å². The first kappa shape index (κ1) is 22.6. The summed E-state index contributed by atoms with van der Waals surface area (Å²) in [5.74, 6) is 1.11. The van der Waals surface area contributed by atoms with Gasteiger partial charge in [0.25, 0.3) is 5.56 Å². The second-order valence-corrected chi connectivity index (χ2v) is 8.83. The van der Waals surface area contributed by atoms with Crippen molar-refractivity contribution in [3.05, 3.63) is 74.6 Å². The van der Waals surface area contributed by atoms with Crippen molar-refractivity contribution in [1.82, 2.24) is 24.8 Å². The Kier molecular flexibility index (Phi) is 6.36. The zero-order valence-corrected chi connectivity index (χ0v) is 19.9. The van der Waals surface area contributed by atoms with E-state index < -0.39 is 0 Å². The predicted octanol–water partition coefficient (Wildman–Crippen LogP) is 4.32. The first-order valence-electron chi connectivity index (χ1n) is 10.9. The number of nitrogens with zero attached hydrogens (tertiary/aromatic N) is 4. The fourth-order valence-electron chi connectivity index (χ4n) is 4.05. The van der Waals surface area contributed by atoms with Crippen LogP contribution in [-0.4, -0.2) is 39.7 Å². The normalized spacial score (nSPS) is 15.6. The lowest BCUT2D eigenvalue weighted by atomic mass is 10.1. The van der Waals surface area contributed by atoms with Crippen molar-refractivity contribution in [1.29, 1.82) is 0 Å². The average Bonchev–Trinajstić information content (AvgIpc) is 3.39. The second-order valence-electron chi connectivity index (χ2n) is 8.02. The fourth-order valence-corrected chi connectivity index (χ4v) is 4.37. The molecule has 1 saturated heterocycles. The molecule has 0 unspecified atom stereocenters. The molecule has 0 bridgehead atoms. The minimum atomic E-state index is -0.180. The minimum absolute atomic E-state index is 0.0205. The quantitative estimate of drug-likeness (QED) is 0.410. The van der Waals surface area contributed by atoms with Gasteiger partial charge in [0.05, 0.1) is 29.4 Å². The van der Waals surface area contributed by atoms with Gasteiger partial charge in [0, 0.05) is 18.7 Å². The third-order valence-corrected chi connectivity index (χ3v) is 6.57. The number of hydrogen-bond donors (Lipinski definition) is 2. The van der Waals surface area contributed by atoms with E-state index in [0.717, 1.165) is 18.5 Å². The molecule has 2 aromatic heterocycles. The second kappa shape index (κ2) is 9.58. The van der Waals surface area contributed by atoms with E-state index in [9.17, 15) is 4.79 Å². The van der Waals surface area contributed by atoms with E-state index in [1.54, 1.807) is 30.0 Å². The molecule has 0 amide bonds. The van der Waals surface area contributed by atoms with Gasteiger partial charge in [0.1, 0.15) is 17.0 Å². The fraction of sp³-hybridized carbons (Fsp3) is 0.250. The van der Waals surface area contributed by atoms with Gasteiger partial charge < -0.3 is 15.4 Å². The number of anilines is 1. The number of benzene rings is 2. The van der Waals surface area contributed by atoms with Crippen molar-refractivity contribution < 1.29 is 4.74 Å². The number of fused-ring (bicyclic) bond motifs is 1. The van der Waals surface area contributed by atoms with E-state index in [-0.39, 0.29) is 11.6 Å². The van der Waals surface area contributed by atoms with Gasteiger partial charge in [-0.2, -0.15) is 4.98 Å². The summed E-state index contributed by atoms with van der Waals surface area (Å²) >= 11 is 12.1. The summed E-state index contributed by atoms with van der Waals surface area (Å²) in [4.78, 5) is 27.3. The van der Waals surface area contributed by atoms with Crippen LogP contribution in [0.25, 0.3) is 22.4 Å². The van der Waals surface area contributed by atoms with Crippen molar-refractivity contribution in [2.45, 2.75) is 19.0 Å². The van der Waals surface area contributed by atoms with Crippen molar-refractivity contribution in [2.75, 3.05) is 25.5 Å². The number of methoxy groups -OCH3 is 1. The lowest BCUT2D eigenvalue weighted by Gasteiger charge is -2.17. The standard InChI is InChI=1S/C24H22Cl2N6O2/c1-34-17-5-3-15(4-6-17)21-23(33)32(16-8-9-27-12-16)22-20(30-21)13-29-24(31-22)28-11-14-2-7-18(25)19(26)10-14/h2-7,10,13,16,27H,8-9,11-12H2,1H3,(H,28,29,31)/t16-/m1/s1. The van der Waals surface area contributed by atoms with Crippen LogP contribution >= 0.6 is 23.2 Å². The highest BCUT2D eigenvalue weighted by atomic mass is 35.5. The van der Waals surface area contributed by atoms with Gasteiger partial charge in [-0.05, 0) is 54.9 Å². The van der Waals surface area contributed by atoms with E-state index in [1.807, 2.05) is 30.3 Å². The van der Waals surface area contributed by atoms with E-state index in [0.29, 0.717) is 57.3 Å². The summed E-state index contributed by atoms with van der Waals surface area (Å²) in [6.45, 7) is 1.98. The van der Waals surface area contributed by atoms with Gasteiger partial charge in [-0.25, -0.2) is 9.97 Å².